The van der Waals surface area contributed by atoms with E-state index >= 15 is 0 Å². The van der Waals surface area contributed by atoms with Gasteiger partial charge in [0.15, 0.2) is 6.10 Å². The zero-order valence-electron chi connectivity index (χ0n) is 8.64. The lowest BCUT2D eigenvalue weighted by molar-refractivity contribution is -0.161. The highest BCUT2D eigenvalue weighted by Gasteiger charge is 2.13. The molecule has 2 N–H and O–H groups in total. The zero-order valence-corrected chi connectivity index (χ0v) is 8.64. The molecule has 1 atom stereocenters. The molecule has 0 heterocycles. The number of carbonyl (C=O) groups is 1. The van der Waals surface area contributed by atoms with Crippen LogP contribution < -0.4 is 5.48 Å². The van der Waals surface area contributed by atoms with Gasteiger partial charge in [0.25, 0.3) is 0 Å². The fourth-order valence-electron chi connectivity index (χ4n) is 1.02. The Hall–Kier alpha value is -1.39. The van der Waals surface area contributed by atoms with E-state index < -0.39 is 12.1 Å². The molecular weight excluding hydrogens is 194 g/mol. The minimum atomic E-state index is -1.05. The first-order valence-corrected chi connectivity index (χ1v) is 4.89. The number of carbonyl (C=O) groups excluding carboxylic acids is 1. The molecule has 0 saturated carbocycles. The molecule has 0 aliphatic carbocycles. The van der Waals surface area contributed by atoms with Crippen molar-refractivity contribution in [3.63, 3.8) is 0 Å². The summed E-state index contributed by atoms with van der Waals surface area (Å²) >= 11 is 0. The normalized spacial score (nSPS) is 12.1. The Morgan fingerprint density at radius 1 is 1.47 bits per heavy atom. The molecule has 1 aromatic rings. The van der Waals surface area contributed by atoms with Crippen molar-refractivity contribution >= 4 is 5.97 Å². The van der Waals surface area contributed by atoms with Gasteiger partial charge in [0.05, 0.1) is 6.54 Å². The maximum atomic E-state index is 11.0. The monoisotopic (exact) mass is 209 g/mol. The van der Waals surface area contributed by atoms with E-state index in [9.17, 15) is 4.79 Å². The van der Waals surface area contributed by atoms with E-state index in [1.54, 1.807) is 6.92 Å². The molecule has 1 unspecified atom stereocenters. The second-order valence-corrected chi connectivity index (χ2v) is 3.15. The third-order valence-electron chi connectivity index (χ3n) is 1.95. The van der Waals surface area contributed by atoms with Gasteiger partial charge in [0, 0.05) is 0 Å². The summed E-state index contributed by atoms with van der Waals surface area (Å²) in [6, 6.07) is 9.55. The SMILES string of the molecule is CCC(O)C(=O)ONCc1ccccc1. The lowest BCUT2D eigenvalue weighted by Gasteiger charge is -2.08. The Morgan fingerprint density at radius 3 is 2.73 bits per heavy atom. The lowest BCUT2D eigenvalue weighted by Crippen LogP contribution is -2.28. The molecule has 4 nitrogen and oxygen atoms in total. The molecule has 0 aliphatic rings. The Labute approximate surface area is 88.8 Å². The number of rotatable bonds is 5. The van der Waals surface area contributed by atoms with Crippen LogP contribution in [-0.4, -0.2) is 17.2 Å². The second kappa shape index (κ2) is 6.16. The van der Waals surface area contributed by atoms with Gasteiger partial charge < -0.3 is 9.94 Å². The minimum absolute atomic E-state index is 0.353. The third-order valence-corrected chi connectivity index (χ3v) is 1.95. The fraction of sp³-hybridized carbons (Fsp3) is 0.364. The number of hydroxylamine groups is 1. The molecule has 15 heavy (non-hydrogen) atoms. The quantitative estimate of drug-likeness (QED) is 0.710. The second-order valence-electron chi connectivity index (χ2n) is 3.15. The number of aliphatic hydroxyl groups excluding tert-OH is 1. The van der Waals surface area contributed by atoms with E-state index in [4.69, 9.17) is 5.11 Å². The Balaban J connectivity index is 2.25. The van der Waals surface area contributed by atoms with E-state index in [0.717, 1.165) is 5.56 Å². The van der Waals surface area contributed by atoms with Crippen LogP contribution in [0.5, 0.6) is 0 Å². The minimum Gasteiger partial charge on any atom is -0.381 e. The highest BCUT2D eigenvalue weighted by Crippen LogP contribution is 1.98. The third kappa shape index (κ3) is 4.10. The van der Waals surface area contributed by atoms with E-state index in [1.807, 2.05) is 30.3 Å². The summed E-state index contributed by atoms with van der Waals surface area (Å²) in [5.74, 6) is -0.645. The number of nitrogens with one attached hydrogen (secondary N) is 1. The Kier molecular flexibility index (Phi) is 4.80. The van der Waals surface area contributed by atoms with Crippen LogP contribution in [0, 0.1) is 0 Å². The van der Waals surface area contributed by atoms with Gasteiger partial charge in [-0.2, -0.15) is 0 Å². The molecule has 0 aliphatic heterocycles. The molecule has 1 rings (SSSR count). The first kappa shape index (κ1) is 11.7. The van der Waals surface area contributed by atoms with E-state index in [-0.39, 0.29) is 0 Å². The zero-order chi connectivity index (χ0) is 11.1. The average Bonchev–Trinajstić information content (AvgIpc) is 2.29. The molecular formula is C11H15NO3. The number of hydrogen-bond donors (Lipinski definition) is 2. The lowest BCUT2D eigenvalue weighted by atomic mass is 10.2. The van der Waals surface area contributed by atoms with Crippen LogP contribution >= 0.6 is 0 Å². The van der Waals surface area contributed by atoms with Gasteiger partial charge in [-0.1, -0.05) is 37.3 Å². The molecule has 0 spiro atoms. The van der Waals surface area contributed by atoms with Crippen molar-refractivity contribution in [2.45, 2.75) is 26.0 Å². The summed E-state index contributed by atoms with van der Waals surface area (Å²) in [7, 11) is 0. The molecule has 82 valence electrons. The summed E-state index contributed by atoms with van der Waals surface area (Å²) in [5.41, 5.74) is 3.52. The van der Waals surface area contributed by atoms with Gasteiger partial charge in [-0.25, -0.2) is 4.79 Å². The average molecular weight is 209 g/mol. The van der Waals surface area contributed by atoms with Crippen molar-refractivity contribution in [3.8, 4) is 0 Å². The fourth-order valence-corrected chi connectivity index (χ4v) is 1.02. The summed E-state index contributed by atoms with van der Waals surface area (Å²) in [5, 5.41) is 9.11. The van der Waals surface area contributed by atoms with Gasteiger partial charge in [0.1, 0.15) is 0 Å². The molecule has 4 heteroatoms. The van der Waals surface area contributed by atoms with Crippen LogP contribution in [0.2, 0.25) is 0 Å². The van der Waals surface area contributed by atoms with Gasteiger partial charge in [-0.05, 0) is 12.0 Å². The molecule has 0 amide bonds. The number of hydrogen-bond acceptors (Lipinski definition) is 4. The van der Waals surface area contributed by atoms with Crippen LogP contribution in [0.25, 0.3) is 0 Å². The summed E-state index contributed by atoms with van der Waals surface area (Å²) in [6.07, 6.45) is -0.695. The van der Waals surface area contributed by atoms with Crippen molar-refractivity contribution < 1.29 is 14.7 Å². The van der Waals surface area contributed by atoms with E-state index in [1.165, 1.54) is 0 Å². The maximum absolute atomic E-state index is 11.0. The molecule has 0 radical (unpaired) electrons. The first-order valence-electron chi connectivity index (χ1n) is 4.89. The van der Waals surface area contributed by atoms with Gasteiger partial charge in [0.2, 0.25) is 0 Å². The van der Waals surface area contributed by atoms with Crippen LogP contribution in [0.4, 0.5) is 0 Å². The highest BCUT2D eigenvalue weighted by atomic mass is 16.7. The molecule has 0 aromatic heterocycles. The standard InChI is InChI=1S/C11H15NO3/c1-2-10(13)11(14)15-12-8-9-6-4-3-5-7-9/h3-7,10,12-13H,2,8H2,1H3. The summed E-state index contributed by atoms with van der Waals surface area (Å²) in [6.45, 7) is 2.14. The van der Waals surface area contributed by atoms with Gasteiger partial charge in [-0.3, -0.25) is 0 Å². The number of aliphatic hydroxyl groups is 1. The van der Waals surface area contributed by atoms with Crippen molar-refractivity contribution in [3.05, 3.63) is 35.9 Å². The Bertz CT molecular complexity index is 300. The predicted molar refractivity (Wildman–Crippen MR) is 55.7 cm³/mol. The Morgan fingerprint density at radius 2 is 2.13 bits per heavy atom. The predicted octanol–water partition coefficient (Wildman–Crippen LogP) is 1.01. The van der Waals surface area contributed by atoms with Crippen LogP contribution in [0.3, 0.4) is 0 Å². The van der Waals surface area contributed by atoms with Crippen LogP contribution in [0.1, 0.15) is 18.9 Å². The largest absolute Gasteiger partial charge is 0.381 e. The molecule has 0 saturated heterocycles. The summed E-state index contributed by atoms with van der Waals surface area (Å²) in [4.78, 5) is 15.7. The van der Waals surface area contributed by atoms with Gasteiger partial charge >= 0.3 is 5.97 Å². The van der Waals surface area contributed by atoms with Crippen molar-refractivity contribution in [1.29, 1.82) is 0 Å². The first-order chi connectivity index (χ1) is 7.24. The van der Waals surface area contributed by atoms with E-state index in [0.29, 0.717) is 13.0 Å². The van der Waals surface area contributed by atoms with Crippen molar-refractivity contribution in [2.24, 2.45) is 0 Å². The van der Waals surface area contributed by atoms with Gasteiger partial charge in [-0.15, -0.1) is 5.48 Å². The maximum Gasteiger partial charge on any atom is 0.353 e. The molecule has 0 fully saturated rings. The highest BCUT2D eigenvalue weighted by molar-refractivity contribution is 5.73. The number of benzene rings is 1. The van der Waals surface area contributed by atoms with Crippen molar-refractivity contribution in [1.82, 2.24) is 5.48 Å². The van der Waals surface area contributed by atoms with Crippen LogP contribution in [0.15, 0.2) is 30.3 Å². The van der Waals surface area contributed by atoms with E-state index in [2.05, 4.69) is 10.3 Å². The summed E-state index contributed by atoms with van der Waals surface area (Å²) < 4.78 is 0. The van der Waals surface area contributed by atoms with Crippen LogP contribution in [-0.2, 0) is 16.2 Å². The molecule has 1 aromatic carbocycles. The molecule has 0 bridgehead atoms. The smallest absolute Gasteiger partial charge is 0.353 e. The topological polar surface area (TPSA) is 58.6 Å². The van der Waals surface area contributed by atoms with Crippen molar-refractivity contribution in [2.75, 3.05) is 0 Å².